The Morgan fingerprint density at radius 2 is 2.06 bits per heavy atom. The maximum atomic E-state index is 12.5. The summed E-state index contributed by atoms with van der Waals surface area (Å²) in [5.41, 5.74) is 6.15. The van der Waals surface area contributed by atoms with E-state index in [0.717, 1.165) is 65.6 Å². The van der Waals surface area contributed by atoms with Gasteiger partial charge >= 0.3 is 6.03 Å². The van der Waals surface area contributed by atoms with Gasteiger partial charge in [0.2, 0.25) is 0 Å². The van der Waals surface area contributed by atoms with Crippen LogP contribution in [0.25, 0.3) is 27.5 Å². The Morgan fingerprint density at radius 1 is 1.17 bits per heavy atom. The van der Waals surface area contributed by atoms with Crippen molar-refractivity contribution in [2.75, 3.05) is 25.0 Å². The quantitative estimate of drug-likeness (QED) is 0.351. The minimum absolute atomic E-state index is 0.212. The van der Waals surface area contributed by atoms with E-state index in [1.54, 1.807) is 0 Å². The highest BCUT2D eigenvalue weighted by atomic mass is 35.5. The summed E-state index contributed by atoms with van der Waals surface area (Å²) in [4.78, 5) is 18.3. The number of carbonyl (C=O) groups is 1. The molecule has 3 heterocycles. The highest BCUT2D eigenvalue weighted by Crippen LogP contribution is 2.44. The molecule has 9 heteroatoms. The summed E-state index contributed by atoms with van der Waals surface area (Å²) in [7, 11) is 0. The van der Waals surface area contributed by atoms with Crippen molar-refractivity contribution >= 4 is 34.1 Å². The Kier molecular flexibility index (Phi) is 6.01. The van der Waals surface area contributed by atoms with Gasteiger partial charge in [0.1, 0.15) is 0 Å². The van der Waals surface area contributed by atoms with Crippen LogP contribution < -0.4 is 16.0 Å². The molecule has 1 saturated heterocycles. The number of benzene rings is 2. The molecule has 178 valence electrons. The van der Waals surface area contributed by atoms with Gasteiger partial charge in [-0.1, -0.05) is 59.3 Å². The van der Waals surface area contributed by atoms with E-state index in [9.17, 15) is 4.79 Å². The van der Waals surface area contributed by atoms with Gasteiger partial charge in [0.15, 0.2) is 5.13 Å². The fourth-order valence-corrected chi connectivity index (χ4v) is 6.06. The summed E-state index contributed by atoms with van der Waals surface area (Å²) in [6, 6.07) is 17.8. The van der Waals surface area contributed by atoms with Crippen molar-refractivity contribution in [3.63, 3.8) is 0 Å². The molecular formula is C26H25ClN6OS. The standard InChI is InChI=1S/C26H25ClN6OS/c27-18-7-4-8-19(13-18)33-23-20(22(32-33)17-5-2-1-3-6-17)9-10-21-24(23)35-26(30-21)31-25(34)29-15-16-11-12-28-14-16/h1-8,13,16,28H,9-12,14-15H2,(H2,29,30,31,34)/t16-/m1/s1. The van der Waals surface area contributed by atoms with Gasteiger partial charge in [-0.25, -0.2) is 14.5 Å². The first-order valence-corrected chi connectivity index (χ1v) is 13.0. The van der Waals surface area contributed by atoms with Crippen molar-refractivity contribution in [3.8, 4) is 27.5 Å². The summed E-state index contributed by atoms with van der Waals surface area (Å²) in [5.74, 6) is 0.483. The van der Waals surface area contributed by atoms with Gasteiger partial charge in [-0.2, -0.15) is 5.10 Å². The predicted molar refractivity (Wildman–Crippen MR) is 141 cm³/mol. The zero-order valence-corrected chi connectivity index (χ0v) is 20.6. The van der Waals surface area contributed by atoms with E-state index in [1.807, 2.05) is 47.1 Å². The number of amides is 2. The molecule has 0 spiro atoms. The number of thiazole rings is 1. The van der Waals surface area contributed by atoms with Crippen LogP contribution in [0, 0.1) is 5.92 Å². The van der Waals surface area contributed by atoms with Gasteiger partial charge in [-0.15, -0.1) is 0 Å². The molecule has 2 aromatic carbocycles. The Hall–Kier alpha value is -3.20. The second-order valence-electron chi connectivity index (χ2n) is 8.92. The monoisotopic (exact) mass is 504 g/mol. The number of rotatable bonds is 5. The molecule has 4 aromatic rings. The molecule has 0 saturated carbocycles. The molecule has 1 aliphatic carbocycles. The lowest BCUT2D eigenvalue weighted by Gasteiger charge is -2.14. The highest BCUT2D eigenvalue weighted by molar-refractivity contribution is 7.19. The smallest absolute Gasteiger partial charge is 0.321 e. The number of hydrogen-bond acceptors (Lipinski definition) is 5. The molecule has 0 radical (unpaired) electrons. The van der Waals surface area contributed by atoms with Crippen LogP contribution in [0.5, 0.6) is 0 Å². The number of hydrogen-bond donors (Lipinski definition) is 3. The van der Waals surface area contributed by atoms with E-state index < -0.39 is 0 Å². The van der Waals surface area contributed by atoms with Crippen LogP contribution in [0.15, 0.2) is 54.6 Å². The minimum Gasteiger partial charge on any atom is -0.337 e. The first-order chi connectivity index (χ1) is 17.2. The van der Waals surface area contributed by atoms with Crippen molar-refractivity contribution < 1.29 is 4.79 Å². The first-order valence-electron chi connectivity index (χ1n) is 11.8. The van der Waals surface area contributed by atoms with Crippen molar-refractivity contribution in [1.82, 2.24) is 25.4 Å². The van der Waals surface area contributed by atoms with Crippen LogP contribution in [0.3, 0.4) is 0 Å². The Bertz CT molecular complexity index is 1380. The Balaban J connectivity index is 1.36. The number of aromatic nitrogens is 3. The summed E-state index contributed by atoms with van der Waals surface area (Å²) >= 11 is 7.83. The van der Waals surface area contributed by atoms with Gasteiger partial charge in [0, 0.05) is 22.7 Å². The molecule has 35 heavy (non-hydrogen) atoms. The number of nitrogens with zero attached hydrogens (tertiary/aromatic N) is 3. The third-order valence-electron chi connectivity index (χ3n) is 6.54. The Morgan fingerprint density at radius 3 is 2.86 bits per heavy atom. The molecule has 1 aliphatic heterocycles. The van der Waals surface area contributed by atoms with E-state index in [2.05, 4.69) is 28.1 Å². The molecule has 2 amide bonds. The molecule has 1 fully saturated rings. The molecule has 0 unspecified atom stereocenters. The molecule has 3 N–H and O–H groups in total. The maximum absolute atomic E-state index is 12.5. The average molecular weight is 505 g/mol. The fraction of sp³-hybridized carbons (Fsp3) is 0.269. The van der Waals surface area contributed by atoms with Gasteiger partial charge in [0.25, 0.3) is 0 Å². The lowest BCUT2D eigenvalue weighted by Crippen LogP contribution is -2.33. The molecule has 7 nitrogen and oxygen atoms in total. The van der Waals surface area contributed by atoms with Crippen molar-refractivity contribution in [3.05, 3.63) is 70.9 Å². The normalized spacial score (nSPS) is 16.5. The summed E-state index contributed by atoms with van der Waals surface area (Å²) < 4.78 is 1.97. The Labute approximate surface area is 212 Å². The van der Waals surface area contributed by atoms with E-state index in [4.69, 9.17) is 21.7 Å². The van der Waals surface area contributed by atoms with E-state index in [1.165, 1.54) is 16.9 Å². The van der Waals surface area contributed by atoms with Gasteiger partial charge < -0.3 is 10.6 Å². The lowest BCUT2D eigenvalue weighted by molar-refractivity contribution is 0.250. The zero-order valence-electron chi connectivity index (χ0n) is 19.1. The van der Waals surface area contributed by atoms with E-state index in [0.29, 0.717) is 22.6 Å². The number of anilines is 1. The van der Waals surface area contributed by atoms with Gasteiger partial charge in [0.05, 0.1) is 27.6 Å². The third kappa shape index (κ3) is 4.45. The molecule has 2 aliphatic rings. The summed E-state index contributed by atoms with van der Waals surface area (Å²) in [5, 5.41) is 15.6. The van der Waals surface area contributed by atoms with Crippen molar-refractivity contribution in [1.29, 1.82) is 0 Å². The molecule has 6 rings (SSSR count). The largest absolute Gasteiger partial charge is 0.337 e. The van der Waals surface area contributed by atoms with E-state index >= 15 is 0 Å². The molecular weight excluding hydrogens is 480 g/mol. The van der Waals surface area contributed by atoms with Crippen LogP contribution in [0.4, 0.5) is 9.93 Å². The lowest BCUT2D eigenvalue weighted by atomic mass is 9.95. The van der Waals surface area contributed by atoms with E-state index in [-0.39, 0.29) is 6.03 Å². The van der Waals surface area contributed by atoms with Crippen molar-refractivity contribution in [2.24, 2.45) is 5.92 Å². The van der Waals surface area contributed by atoms with Crippen LogP contribution in [-0.4, -0.2) is 40.4 Å². The highest BCUT2D eigenvalue weighted by Gasteiger charge is 2.30. The third-order valence-corrected chi connectivity index (χ3v) is 7.80. The van der Waals surface area contributed by atoms with Crippen molar-refractivity contribution in [2.45, 2.75) is 19.3 Å². The number of fused-ring (bicyclic) bond motifs is 3. The maximum Gasteiger partial charge on any atom is 0.321 e. The zero-order chi connectivity index (χ0) is 23.8. The number of nitrogens with one attached hydrogen (secondary N) is 3. The second-order valence-corrected chi connectivity index (χ2v) is 10.4. The minimum atomic E-state index is -0.212. The fourth-order valence-electron chi connectivity index (χ4n) is 4.81. The average Bonchev–Trinajstić information content (AvgIpc) is 3.61. The topological polar surface area (TPSA) is 83.9 Å². The second kappa shape index (κ2) is 9.45. The molecule has 0 bridgehead atoms. The predicted octanol–water partition coefficient (Wildman–Crippen LogP) is 5.15. The SMILES string of the molecule is O=C(NC[C@@H]1CCNC1)Nc1nc2c(s1)-c1c(c(-c3ccccc3)nn1-c1cccc(Cl)c1)CC2. The number of halogens is 1. The van der Waals surface area contributed by atoms with Crippen LogP contribution >= 0.6 is 22.9 Å². The number of carbonyl (C=O) groups excluding carboxylic acids is 1. The van der Waals surface area contributed by atoms with Crippen LogP contribution in [-0.2, 0) is 12.8 Å². The number of aryl methyl sites for hydroxylation is 1. The number of urea groups is 1. The first kappa shape index (κ1) is 22.3. The molecule has 2 aromatic heterocycles. The summed E-state index contributed by atoms with van der Waals surface area (Å²) in [6.45, 7) is 2.63. The van der Waals surface area contributed by atoms with Gasteiger partial charge in [-0.05, 0) is 56.5 Å². The summed E-state index contributed by atoms with van der Waals surface area (Å²) in [6.07, 6.45) is 2.72. The molecule has 1 atom stereocenters. The van der Waals surface area contributed by atoms with Crippen LogP contribution in [0.1, 0.15) is 17.7 Å². The van der Waals surface area contributed by atoms with Gasteiger partial charge in [-0.3, -0.25) is 5.32 Å². The van der Waals surface area contributed by atoms with Crippen LogP contribution in [0.2, 0.25) is 5.02 Å².